The SMILES string of the molecule is NC(Cc1ccncc1)C1CCNCC1. The zero-order valence-corrected chi connectivity index (χ0v) is 9.02. The van der Waals surface area contributed by atoms with Crippen LogP contribution in [0.3, 0.4) is 0 Å². The van der Waals surface area contributed by atoms with Gasteiger partial charge in [0.05, 0.1) is 0 Å². The summed E-state index contributed by atoms with van der Waals surface area (Å²) in [5, 5.41) is 3.37. The molecule has 0 radical (unpaired) electrons. The zero-order chi connectivity index (χ0) is 10.5. The predicted molar refractivity (Wildman–Crippen MR) is 61.5 cm³/mol. The molecule has 0 saturated carbocycles. The van der Waals surface area contributed by atoms with Crippen molar-refractivity contribution < 1.29 is 0 Å². The molecule has 1 atom stereocenters. The van der Waals surface area contributed by atoms with Crippen molar-refractivity contribution in [2.24, 2.45) is 11.7 Å². The van der Waals surface area contributed by atoms with Crippen LogP contribution in [0.4, 0.5) is 0 Å². The Bertz CT molecular complexity index is 280. The van der Waals surface area contributed by atoms with Crippen LogP contribution in [-0.2, 0) is 6.42 Å². The molecule has 3 N–H and O–H groups in total. The van der Waals surface area contributed by atoms with E-state index in [4.69, 9.17) is 5.73 Å². The second kappa shape index (κ2) is 5.24. The summed E-state index contributed by atoms with van der Waals surface area (Å²) >= 11 is 0. The molecule has 0 bridgehead atoms. The molecule has 1 aromatic heterocycles. The number of rotatable bonds is 3. The Kier molecular flexibility index (Phi) is 3.69. The molecular weight excluding hydrogens is 186 g/mol. The van der Waals surface area contributed by atoms with E-state index in [0.717, 1.165) is 19.5 Å². The quantitative estimate of drug-likeness (QED) is 0.772. The highest BCUT2D eigenvalue weighted by Gasteiger charge is 2.20. The second-order valence-electron chi connectivity index (χ2n) is 4.31. The van der Waals surface area contributed by atoms with Crippen LogP contribution in [0.15, 0.2) is 24.5 Å². The van der Waals surface area contributed by atoms with Crippen LogP contribution >= 0.6 is 0 Å². The minimum atomic E-state index is 0.300. The van der Waals surface area contributed by atoms with Gasteiger partial charge in [-0.15, -0.1) is 0 Å². The Morgan fingerprint density at radius 1 is 1.33 bits per heavy atom. The van der Waals surface area contributed by atoms with Gasteiger partial charge in [0.1, 0.15) is 0 Å². The molecule has 1 fully saturated rings. The van der Waals surface area contributed by atoms with E-state index >= 15 is 0 Å². The molecule has 0 aromatic carbocycles. The third kappa shape index (κ3) is 3.01. The van der Waals surface area contributed by atoms with Crippen LogP contribution in [0.5, 0.6) is 0 Å². The van der Waals surface area contributed by atoms with Crippen molar-refractivity contribution in [1.29, 1.82) is 0 Å². The van der Waals surface area contributed by atoms with Gasteiger partial charge in [-0.2, -0.15) is 0 Å². The molecule has 1 saturated heterocycles. The summed E-state index contributed by atoms with van der Waals surface area (Å²) in [5.74, 6) is 0.680. The van der Waals surface area contributed by atoms with Crippen LogP contribution in [0.2, 0.25) is 0 Å². The summed E-state index contributed by atoms with van der Waals surface area (Å²) in [5.41, 5.74) is 7.53. The summed E-state index contributed by atoms with van der Waals surface area (Å²) in [6.45, 7) is 2.24. The number of hydrogen-bond acceptors (Lipinski definition) is 3. The van der Waals surface area contributed by atoms with Gasteiger partial charge in [0.25, 0.3) is 0 Å². The van der Waals surface area contributed by atoms with Gasteiger partial charge >= 0.3 is 0 Å². The van der Waals surface area contributed by atoms with E-state index in [1.165, 1.54) is 18.4 Å². The highest BCUT2D eigenvalue weighted by atomic mass is 14.9. The molecule has 3 heteroatoms. The Morgan fingerprint density at radius 3 is 2.67 bits per heavy atom. The first-order valence-corrected chi connectivity index (χ1v) is 5.71. The molecule has 1 unspecified atom stereocenters. The lowest BCUT2D eigenvalue weighted by atomic mass is 9.87. The topological polar surface area (TPSA) is 50.9 Å². The fourth-order valence-electron chi connectivity index (χ4n) is 2.23. The molecule has 1 aliphatic heterocycles. The first-order chi connectivity index (χ1) is 7.36. The van der Waals surface area contributed by atoms with Gasteiger partial charge in [-0.1, -0.05) is 0 Å². The van der Waals surface area contributed by atoms with Crippen LogP contribution in [0.25, 0.3) is 0 Å². The highest BCUT2D eigenvalue weighted by Crippen LogP contribution is 2.17. The monoisotopic (exact) mass is 205 g/mol. The standard InChI is InChI=1S/C12H19N3/c13-12(11-3-7-15-8-4-11)9-10-1-5-14-6-2-10/h1-2,5-6,11-12,15H,3-4,7-9,13H2. The van der Waals surface area contributed by atoms with E-state index in [-0.39, 0.29) is 0 Å². The van der Waals surface area contributed by atoms with Gasteiger partial charge in [0.15, 0.2) is 0 Å². The minimum absolute atomic E-state index is 0.300. The van der Waals surface area contributed by atoms with Crippen molar-refractivity contribution in [2.45, 2.75) is 25.3 Å². The van der Waals surface area contributed by atoms with Gasteiger partial charge in [-0.05, 0) is 56.0 Å². The van der Waals surface area contributed by atoms with Crippen LogP contribution in [-0.4, -0.2) is 24.1 Å². The number of aromatic nitrogens is 1. The van der Waals surface area contributed by atoms with Gasteiger partial charge < -0.3 is 11.1 Å². The predicted octanol–water partition coefficient (Wildman–Crippen LogP) is 0.951. The van der Waals surface area contributed by atoms with Gasteiger partial charge in [0.2, 0.25) is 0 Å². The molecule has 1 aromatic rings. The molecule has 2 heterocycles. The van der Waals surface area contributed by atoms with E-state index in [1.807, 2.05) is 12.4 Å². The molecule has 15 heavy (non-hydrogen) atoms. The lowest BCUT2D eigenvalue weighted by Crippen LogP contribution is -2.39. The Morgan fingerprint density at radius 2 is 2.00 bits per heavy atom. The van der Waals surface area contributed by atoms with E-state index < -0.39 is 0 Å². The summed E-state index contributed by atoms with van der Waals surface area (Å²) in [6.07, 6.45) is 7.08. The third-order valence-electron chi connectivity index (χ3n) is 3.21. The van der Waals surface area contributed by atoms with Crippen molar-refractivity contribution in [3.8, 4) is 0 Å². The molecular formula is C12H19N3. The number of pyridine rings is 1. The average molecular weight is 205 g/mol. The van der Waals surface area contributed by atoms with E-state index in [0.29, 0.717) is 12.0 Å². The van der Waals surface area contributed by atoms with Crippen molar-refractivity contribution in [2.75, 3.05) is 13.1 Å². The summed E-state index contributed by atoms with van der Waals surface area (Å²) in [7, 11) is 0. The molecule has 3 nitrogen and oxygen atoms in total. The van der Waals surface area contributed by atoms with Crippen molar-refractivity contribution in [1.82, 2.24) is 10.3 Å². The van der Waals surface area contributed by atoms with Crippen LogP contribution in [0, 0.1) is 5.92 Å². The number of piperidine rings is 1. The Labute approximate surface area is 91.1 Å². The van der Waals surface area contributed by atoms with Gasteiger partial charge in [0, 0.05) is 18.4 Å². The number of nitrogens with two attached hydrogens (primary N) is 1. The number of hydrogen-bond donors (Lipinski definition) is 2. The summed E-state index contributed by atoms with van der Waals surface area (Å²) < 4.78 is 0. The normalized spacial score (nSPS) is 20.1. The van der Waals surface area contributed by atoms with Crippen molar-refractivity contribution in [3.63, 3.8) is 0 Å². The second-order valence-corrected chi connectivity index (χ2v) is 4.31. The van der Waals surface area contributed by atoms with E-state index in [9.17, 15) is 0 Å². The van der Waals surface area contributed by atoms with Crippen molar-refractivity contribution in [3.05, 3.63) is 30.1 Å². The molecule has 0 spiro atoms. The first-order valence-electron chi connectivity index (χ1n) is 5.71. The fraction of sp³-hybridized carbons (Fsp3) is 0.583. The summed E-state index contributed by atoms with van der Waals surface area (Å²) in [4.78, 5) is 4.01. The zero-order valence-electron chi connectivity index (χ0n) is 9.02. The fourth-order valence-corrected chi connectivity index (χ4v) is 2.23. The highest BCUT2D eigenvalue weighted by molar-refractivity contribution is 5.11. The molecule has 2 rings (SSSR count). The third-order valence-corrected chi connectivity index (χ3v) is 3.21. The van der Waals surface area contributed by atoms with E-state index in [2.05, 4.69) is 22.4 Å². The lowest BCUT2D eigenvalue weighted by Gasteiger charge is -2.28. The number of nitrogens with one attached hydrogen (secondary N) is 1. The van der Waals surface area contributed by atoms with Gasteiger partial charge in [-0.3, -0.25) is 4.98 Å². The molecule has 0 aliphatic carbocycles. The molecule has 82 valence electrons. The van der Waals surface area contributed by atoms with Gasteiger partial charge in [-0.25, -0.2) is 0 Å². The molecule has 0 amide bonds. The van der Waals surface area contributed by atoms with Crippen LogP contribution < -0.4 is 11.1 Å². The number of nitrogens with zero attached hydrogens (tertiary/aromatic N) is 1. The maximum Gasteiger partial charge on any atom is 0.0270 e. The minimum Gasteiger partial charge on any atom is -0.327 e. The smallest absolute Gasteiger partial charge is 0.0270 e. The van der Waals surface area contributed by atoms with E-state index in [1.54, 1.807) is 0 Å². The summed E-state index contributed by atoms with van der Waals surface area (Å²) in [6, 6.07) is 4.41. The lowest BCUT2D eigenvalue weighted by molar-refractivity contribution is 0.316. The van der Waals surface area contributed by atoms with Crippen molar-refractivity contribution >= 4 is 0 Å². The maximum atomic E-state index is 6.23. The largest absolute Gasteiger partial charge is 0.327 e. The van der Waals surface area contributed by atoms with Crippen LogP contribution in [0.1, 0.15) is 18.4 Å². The molecule has 1 aliphatic rings. The Balaban J connectivity index is 1.88. The average Bonchev–Trinajstić information content (AvgIpc) is 2.31. The first kappa shape index (κ1) is 10.6. The maximum absolute atomic E-state index is 6.23. The Hall–Kier alpha value is -0.930.